The number of likely N-dealkylation sites (tertiary alicyclic amines) is 1. The highest BCUT2D eigenvalue weighted by Gasteiger charge is 2.20. The first-order valence-corrected chi connectivity index (χ1v) is 14.9. The fraction of sp³-hybridized carbons (Fsp3) is 0.235. The molecule has 4 heterocycles. The van der Waals surface area contributed by atoms with Crippen molar-refractivity contribution in [3.05, 3.63) is 107 Å². The van der Waals surface area contributed by atoms with E-state index in [1.165, 1.54) is 29.7 Å². The van der Waals surface area contributed by atoms with Crippen molar-refractivity contribution in [2.45, 2.75) is 19.3 Å². The highest BCUT2D eigenvalue weighted by Crippen LogP contribution is 2.30. The Bertz CT molecular complexity index is 1980. The topological polar surface area (TPSA) is 107 Å². The van der Waals surface area contributed by atoms with Crippen LogP contribution >= 0.6 is 0 Å². The fourth-order valence-electron chi connectivity index (χ4n) is 6.10. The van der Waals surface area contributed by atoms with Crippen LogP contribution in [-0.2, 0) is 13.5 Å². The molecule has 3 aromatic heterocycles. The fourth-order valence-corrected chi connectivity index (χ4v) is 6.10. The van der Waals surface area contributed by atoms with Crippen molar-refractivity contribution >= 4 is 22.7 Å². The van der Waals surface area contributed by atoms with Gasteiger partial charge >= 0.3 is 0 Å². The largest absolute Gasteiger partial charge is 0.324 e. The highest BCUT2D eigenvalue weighted by atomic mass is 16.1. The van der Waals surface area contributed by atoms with Crippen molar-refractivity contribution in [2.24, 2.45) is 13.0 Å². The number of nitrogens with one attached hydrogen (secondary N) is 1. The molecule has 1 fully saturated rings. The first kappa shape index (κ1) is 27.6. The predicted octanol–water partition coefficient (Wildman–Crippen LogP) is 5.27. The minimum absolute atomic E-state index is 0.206. The van der Waals surface area contributed by atoms with Crippen molar-refractivity contribution in [1.29, 1.82) is 0 Å². The summed E-state index contributed by atoms with van der Waals surface area (Å²) in [5.74, 6) is 1.56. The number of fused-ring (bicyclic) bond motifs is 1. The summed E-state index contributed by atoms with van der Waals surface area (Å²) in [6.07, 6.45) is 5.38. The minimum atomic E-state index is -0.206. The Morgan fingerprint density at radius 3 is 2.43 bits per heavy atom. The summed E-state index contributed by atoms with van der Waals surface area (Å²) in [4.78, 5) is 27.6. The Balaban J connectivity index is 1.26. The maximum absolute atomic E-state index is 14.3. The van der Waals surface area contributed by atoms with Crippen molar-refractivity contribution in [3.8, 4) is 28.2 Å². The monoisotopic (exact) mass is 583 g/mol. The Hall–Kier alpha value is -5.22. The van der Waals surface area contributed by atoms with E-state index in [-0.39, 0.29) is 5.56 Å². The summed E-state index contributed by atoms with van der Waals surface area (Å²) >= 11 is 0. The molecule has 44 heavy (non-hydrogen) atoms. The summed E-state index contributed by atoms with van der Waals surface area (Å²) in [5, 5.41) is 16.6. The van der Waals surface area contributed by atoms with Crippen LogP contribution in [0.1, 0.15) is 18.4 Å². The van der Waals surface area contributed by atoms with Crippen molar-refractivity contribution in [3.63, 3.8) is 0 Å². The number of benzene rings is 3. The van der Waals surface area contributed by atoms with Gasteiger partial charge < -0.3 is 10.2 Å². The van der Waals surface area contributed by atoms with Crippen LogP contribution in [0.15, 0.2) is 95.9 Å². The molecule has 1 unspecified atom stereocenters. The van der Waals surface area contributed by atoms with E-state index in [1.807, 2.05) is 60.7 Å². The quantitative estimate of drug-likeness (QED) is 0.271. The number of piperidine rings is 1. The Morgan fingerprint density at radius 2 is 1.68 bits per heavy atom. The molecule has 10 nitrogen and oxygen atoms in total. The zero-order valence-corrected chi connectivity index (χ0v) is 24.8. The molecule has 1 saturated heterocycles. The number of nitrogens with zero attached hydrogens (tertiary/aromatic N) is 8. The number of pyridine rings is 1. The third kappa shape index (κ3) is 5.59. The molecule has 220 valence electrons. The number of anilines is 2. The summed E-state index contributed by atoms with van der Waals surface area (Å²) in [5.41, 5.74) is 5.16. The molecule has 0 bridgehead atoms. The number of tetrazole rings is 1. The van der Waals surface area contributed by atoms with E-state index in [0.717, 1.165) is 29.6 Å². The van der Waals surface area contributed by atoms with Crippen LogP contribution in [0.5, 0.6) is 0 Å². The summed E-state index contributed by atoms with van der Waals surface area (Å²) in [6.45, 7) is 2.34. The van der Waals surface area contributed by atoms with Crippen molar-refractivity contribution in [1.82, 2.24) is 39.6 Å². The molecular formula is C34H33N9O. The molecule has 0 saturated carbocycles. The zero-order chi connectivity index (χ0) is 30.0. The number of hydrogen-bond donors (Lipinski definition) is 1. The molecule has 0 amide bonds. The number of para-hydroxylation sites is 1. The lowest BCUT2D eigenvalue weighted by atomic mass is 9.91. The minimum Gasteiger partial charge on any atom is -0.324 e. The van der Waals surface area contributed by atoms with Crippen LogP contribution in [0.2, 0.25) is 0 Å². The molecule has 1 atom stereocenters. The van der Waals surface area contributed by atoms with Gasteiger partial charge in [0.1, 0.15) is 0 Å². The maximum Gasteiger partial charge on any atom is 0.264 e. The lowest BCUT2D eigenvalue weighted by Gasteiger charge is -2.29. The van der Waals surface area contributed by atoms with Gasteiger partial charge in [-0.05, 0) is 85.4 Å². The van der Waals surface area contributed by atoms with Gasteiger partial charge in [-0.15, -0.1) is 10.2 Å². The predicted molar refractivity (Wildman–Crippen MR) is 172 cm³/mol. The maximum atomic E-state index is 14.3. The molecule has 0 radical (unpaired) electrons. The second-order valence-electron chi connectivity index (χ2n) is 11.5. The molecule has 10 heteroatoms. The van der Waals surface area contributed by atoms with Crippen LogP contribution in [0.3, 0.4) is 0 Å². The van der Waals surface area contributed by atoms with Gasteiger partial charge in [0.2, 0.25) is 11.8 Å². The Labute approximate surface area is 255 Å². The summed E-state index contributed by atoms with van der Waals surface area (Å²) in [7, 11) is 3.92. The van der Waals surface area contributed by atoms with E-state index >= 15 is 0 Å². The van der Waals surface area contributed by atoms with E-state index in [2.05, 4.69) is 61.9 Å². The smallest absolute Gasteiger partial charge is 0.264 e. The van der Waals surface area contributed by atoms with Crippen LogP contribution in [0.4, 0.5) is 11.6 Å². The summed E-state index contributed by atoms with van der Waals surface area (Å²) in [6, 6.07) is 27.5. The average Bonchev–Trinajstić information content (AvgIpc) is 3.48. The van der Waals surface area contributed by atoms with Crippen molar-refractivity contribution in [2.75, 3.05) is 25.5 Å². The summed E-state index contributed by atoms with van der Waals surface area (Å²) < 4.78 is 1.64. The Kier molecular flexibility index (Phi) is 7.41. The molecule has 0 aliphatic carbocycles. The van der Waals surface area contributed by atoms with Crippen LogP contribution in [0, 0.1) is 5.92 Å². The van der Waals surface area contributed by atoms with Crippen LogP contribution < -0.4 is 10.9 Å². The van der Waals surface area contributed by atoms with Gasteiger partial charge in [-0.25, -0.2) is 4.98 Å². The molecule has 1 aliphatic rings. The van der Waals surface area contributed by atoms with Gasteiger partial charge in [0.15, 0.2) is 5.65 Å². The number of aromatic nitrogens is 7. The van der Waals surface area contributed by atoms with Gasteiger partial charge in [0, 0.05) is 34.9 Å². The zero-order valence-electron chi connectivity index (χ0n) is 24.8. The van der Waals surface area contributed by atoms with Crippen LogP contribution in [-0.4, -0.2) is 59.8 Å². The first-order chi connectivity index (χ1) is 21.5. The molecule has 6 aromatic rings. The third-order valence-electron chi connectivity index (χ3n) is 8.18. The lowest BCUT2D eigenvalue weighted by molar-refractivity contribution is 0.209. The van der Waals surface area contributed by atoms with E-state index in [1.54, 1.807) is 17.8 Å². The van der Waals surface area contributed by atoms with Gasteiger partial charge in [-0.3, -0.25) is 9.36 Å². The van der Waals surface area contributed by atoms with E-state index in [4.69, 9.17) is 4.98 Å². The van der Waals surface area contributed by atoms with Gasteiger partial charge in [-0.2, -0.15) is 9.78 Å². The second kappa shape index (κ2) is 11.8. The molecule has 7 rings (SSSR count). The molecule has 0 spiro atoms. The standard InChI is InChI=1S/C34H33N9O/c1-41-18-8-9-24(22-41)19-23-14-16-26(17-15-23)36-34-35-21-25-20-30(28-12-6-7-13-29(28)31-38-40-42(2)39-31)33(44)43(32(25)37-34)27-10-4-3-5-11-27/h3-7,10-17,20-21,24H,8-9,18-19,22H2,1-2H3,(H,35,36,37). The van der Waals surface area contributed by atoms with E-state index in [9.17, 15) is 4.79 Å². The second-order valence-corrected chi connectivity index (χ2v) is 11.5. The first-order valence-electron chi connectivity index (χ1n) is 14.9. The Morgan fingerprint density at radius 1 is 0.909 bits per heavy atom. The molecule has 3 aromatic carbocycles. The normalized spacial score (nSPS) is 15.5. The van der Waals surface area contributed by atoms with Crippen molar-refractivity contribution < 1.29 is 0 Å². The van der Waals surface area contributed by atoms with E-state index in [0.29, 0.717) is 40.2 Å². The number of aryl methyl sites for hydroxylation is 1. The SMILES string of the molecule is CN1CCCC(Cc2ccc(Nc3ncc4cc(-c5ccccc5-c5nnn(C)n5)c(=O)n(-c5ccccc5)c4n3)cc2)C1. The molecule has 1 aliphatic heterocycles. The van der Waals surface area contributed by atoms with Gasteiger partial charge in [0.05, 0.1) is 12.7 Å². The van der Waals surface area contributed by atoms with Gasteiger partial charge in [-0.1, -0.05) is 54.6 Å². The number of rotatable bonds is 7. The molecular weight excluding hydrogens is 550 g/mol. The lowest BCUT2D eigenvalue weighted by Crippen LogP contribution is -2.32. The highest BCUT2D eigenvalue weighted by molar-refractivity contribution is 5.87. The number of hydrogen-bond acceptors (Lipinski definition) is 8. The average molecular weight is 584 g/mol. The van der Waals surface area contributed by atoms with Gasteiger partial charge in [0.25, 0.3) is 5.56 Å². The van der Waals surface area contributed by atoms with E-state index < -0.39 is 0 Å². The third-order valence-corrected chi connectivity index (χ3v) is 8.18. The van der Waals surface area contributed by atoms with Crippen LogP contribution in [0.25, 0.3) is 39.2 Å². The molecule has 1 N–H and O–H groups in total.